The maximum absolute atomic E-state index is 12.4. The number of nitrogens with zero attached hydrogens (tertiary/aromatic N) is 1. The summed E-state index contributed by atoms with van der Waals surface area (Å²) in [7, 11) is 0. The smallest absolute Gasteiger partial charge is 0.259 e. The molecular formula is C20H15Cl2N3O2. The zero-order valence-electron chi connectivity index (χ0n) is 14.1. The second kappa shape index (κ2) is 8.66. The van der Waals surface area contributed by atoms with Gasteiger partial charge in [-0.25, -0.2) is 5.43 Å². The van der Waals surface area contributed by atoms with Gasteiger partial charge < -0.3 is 5.32 Å². The van der Waals surface area contributed by atoms with E-state index in [1.165, 1.54) is 6.21 Å². The molecule has 5 nitrogen and oxygen atoms in total. The van der Waals surface area contributed by atoms with Crippen molar-refractivity contribution in [3.05, 3.63) is 81.8 Å². The summed E-state index contributed by atoms with van der Waals surface area (Å²) >= 11 is 11.8. The minimum atomic E-state index is -0.454. The molecule has 2 amide bonds. The second-order valence-electron chi connectivity index (χ2n) is 5.67. The van der Waals surface area contributed by atoms with Gasteiger partial charge in [0.05, 0.1) is 17.8 Å². The highest BCUT2D eigenvalue weighted by Gasteiger charge is 2.10. The van der Waals surface area contributed by atoms with Crippen LogP contribution in [-0.2, 0) is 4.79 Å². The van der Waals surface area contributed by atoms with Crippen molar-refractivity contribution in [1.29, 1.82) is 0 Å². The lowest BCUT2D eigenvalue weighted by Crippen LogP contribution is -2.35. The molecule has 0 atom stereocenters. The molecule has 0 bridgehead atoms. The Kier molecular flexibility index (Phi) is 6.06. The summed E-state index contributed by atoms with van der Waals surface area (Å²) in [5.41, 5.74) is 3.46. The van der Waals surface area contributed by atoms with Gasteiger partial charge >= 0.3 is 0 Å². The largest absolute Gasteiger partial charge is 0.343 e. The van der Waals surface area contributed by atoms with Crippen molar-refractivity contribution in [2.24, 2.45) is 5.10 Å². The van der Waals surface area contributed by atoms with E-state index in [4.69, 9.17) is 23.2 Å². The molecule has 2 N–H and O–H groups in total. The number of carbonyl (C=O) groups is 2. The van der Waals surface area contributed by atoms with Gasteiger partial charge in [-0.2, -0.15) is 5.10 Å². The molecule has 0 unspecified atom stereocenters. The topological polar surface area (TPSA) is 70.6 Å². The number of amides is 2. The monoisotopic (exact) mass is 399 g/mol. The van der Waals surface area contributed by atoms with Crippen molar-refractivity contribution in [2.75, 3.05) is 6.54 Å². The molecule has 0 saturated carbocycles. The van der Waals surface area contributed by atoms with E-state index in [1.54, 1.807) is 30.3 Å². The van der Waals surface area contributed by atoms with Crippen molar-refractivity contribution >= 4 is 52.0 Å². The molecule has 0 saturated heterocycles. The first-order valence-electron chi connectivity index (χ1n) is 8.07. The molecule has 0 aliphatic rings. The van der Waals surface area contributed by atoms with Gasteiger partial charge in [-0.3, -0.25) is 9.59 Å². The van der Waals surface area contributed by atoms with E-state index in [2.05, 4.69) is 15.8 Å². The highest BCUT2D eigenvalue weighted by molar-refractivity contribution is 6.36. The first kappa shape index (κ1) is 18.9. The van der Waals surface area contributed by atoms with Crippen LogP contribution in [0.4, 0.5) is 0 Å². The van der Waals surface area contributed by atoms with Gasteiger partial charge in [-0.05, 0) is 29.0 Å². The first-order chi connectivity index (χ1) is 13.0. The molecular weight excluding hydrogens is 385 g/mol. The zero-order chi connectivity index (χ0) is 19.2. The molecule has 27 heavy (non-hydrogen) atoms. The predicted octanol–water partition coefficient (Wildman–Crippen LogP) is 4.03. The Balaban J connectivity index is 1.57. The fraction of sp³-hybridized carbons (Fsp3) is 0.0500. The van der Waals surface area contributed by atoms with Crippen LogP contribution in [0.1, 0.15) is 15.9 Å². The molecule has 7 heteroatoms. The standard InChI is InChI=1S/C20H15Cl2N3O2/c21-15-9-8-14(18(22)10-15)11-24-25-19(26)12-23-20(27)17-7-3-5-13-4-1-2-6-16(13)17/h1-11H,12H2,(H,23,27)(H,25,26). The van der Waals surface area contributed by atoms with Crippen LogP contribution in [0.5, 0.6) is 0 Å². The normalized spacial score (nSPS) is 10.9. The Bertz CT molecular complexity index is 1030. The maximum Gasteiger partial charge on any atom is 0.259 e. The van der Waals surface area contributed by atoms with Crippen molar-refractivity contribution in [1.82, 2.24) is 10.7 Å². The number of nitrogens with one attached hydrogen (secondary N) is 2. The van der Waals surface area contributed by atoms with Crippen molar-refractivity contribution in [3.63, 3.8) is 0 Å². The molecule has 0 aliphatic heterocycles. The molecule has 3 aromatic carbocycles. The Morgan fingerprint density at radius 2 is 1.78 bits per heavy atom. The van der Waals surface area contributed by atoms with Crippen LogP contribution in [0.15, 0.2) is 65.8 Å². The van der Waals surface area contributed by atoms with E-state index in [0.29, 0.717) is 21.2 Å². The van der Waals surface area contributed by atoms with Gasteiger partial charge in [-0.1, -0.05) is 65.7 Å². The number of carbonyl (C=O) groups excluding carboxylic acids is 2. The summed E-state index contributed by atoms with van der Waals surface area (Å²) in [4.78, 5) is 24.3. The number of rotatable bonds is 5. The summed E-state index contributed by atoms with van der Waals surface area (Å²) in [6, 6.07) is 17.9. The van der Waals surface area contributed by atoms with Crippen molar-refractivity contribution in [2.45, 2.75) is 0 Å². The van der Waals surface area contributed by atoms with Gasteiger partial charge in [0.15, 0.2) is 0 Å². The molecule has 0 spiro atoms. The summed E-state index contributed by atoms with van der Waals surface area (Å²) in [6.07, 6.45) is 1.41. The average Bonchev–Trinajstić information content (AvgIpc) is 2.67. The number of hydrogen-bond donors (Lipinski definition) is 2. The summed E-state index contributed by atoms with van der Waals surface area (Å²) in [5.74, 6) is -0.781. The van der Waals surface area contributed by atoms with Crippen molar-refractivity contribution < 1.29 is 9.59 Å². The fourth-order valence-electron chi connectivity index (χ4n) is 2.50. The van der Waals surface area contributed by atoms with Crippen LogP contribution in [-0.4, -0.2) is 24.6 Å². The van der Waals surface area contributed by atoms with Gasteiger partial charge in [-0.15, -0.1) is 0 Å². The SMILES string of the molecule is O=C(CNC(=O)c1cccc2ccccc12)NN=Cc1ccc(Cl)cc1Cl. The lowest BCUT2D eigenvalue weighted by Gasteiger charge is -2.07. The molecule has 3 aromatic rings. The summed E-state index contributed by atoms with van der Waals surface area (Å²) in [6.45, 7) is -0.201. The Morgan fingerprint density at radius 1 is 1.00 bits per heavy atom. The van der Waals surface area contributed by atoms with Crippen LogP contribution in [0.3, 0.4) is 0 Å². The van der Waals surface area contributed by atoms with E-state index < -0.39 is 5.91 Å². The van der Waals surface area contributed by atoms with E-state index in [-0.39, 0.29) is 12.5 Å². The summed E-state index contributed by atoms with van der Waals surface area (Å²) < 4.78 is 0. The minimum absolute atomic E-state index is 0.201. The molecule has 3 rings (SSSR count). The first-order valence-corrected chi connectivity index (χ1v) is 8.83. The fourth-order valence-corrected chi connectivity index (χ4v) is 2.96. The van der Waals surface area contributed by atoms with Crippen molar-refractivity contribution in [3.8, 4) is 0 Å². The lowest BCUT2D eigenvalue weighted by molar-refractivity contribution is -0.120. The van der Waals surface area contributed by atoms with Crippen LogP contribution in [0.25, 0.3) is 10.8 Å². The average molecular weight is 400 g/mol. The number of hydrogen-bond acceptors (Lipinski definition) is 3. The third-order valence-corrected chi connectivity index (χ3v) is 4.36. The number of benzene rings is 3. The third-order valence-electron chi connectivity index (χ3n) is 3.80. The molecule has 0 fully saturated rings. The number of hydrazone groups is 1. The van der Waals surface area contributed by atoms with Crippen LogP contribution >= 0.6 is 23.2 Å². The molecule has 0 radical (unpaired) electrons. The highest BCUT2D eigenvalue weighted by Crippen LogP contribution is 2.19. The van der Waals surface area contributed by atoms with Crippen LogP contribution < -0.4 is 10.7 Å². The molecule has 0 heterocycles. The van der Waals surface area contributed by atoms with Gasteiger partial charge in [0.2, 0.25) is 0 Å². The third kappa shape index (κ3) is 4.84. The van der Waals surface area contributed by atoms with Crippen LogP contribution in [0.2, 0.25) is 10.0 Å². The molecule has 0 aliphatic carbocycles. The quantitative estimate of drug-likeness (QED) is 0.502. The highest BCUT2D eigenvalue weighted by atomic mass is 35.5. The van der Waals surface area contributed by atoms with E-state index in [9.17, 15) is 9.59 Å². The van der Waals surface area contributed by atoms with Gasteiger partial charge in [0.25, 0.3) is 11.8 Å². The Labute approximate surface area is 166 Å². The Morgan fingerprint density at radius 3 is 2.59 bits per heavy atom. The van der Waals surface area contributed by atoms with E-state index in [1.807, 2.05) is 30.3 Å². The molecule has 136 valence electrons. The van der Waals surface area contributed by atoms with Crippen LogP contribution in [0, 0.1) is 0 Å². The minimum Gasteiger partial charge on any atom is -0.343 e. The molecule has 0 aromatic heterocycles. The lowest BCUT2D eigenvalue weighted by atomic mass is 10.0. The second-order valence-corrected chi connectivity index (χ2v) is 6.51. The van der Waals surface area contributed by atoms with E-state index in [0.717, 1.165) is 10.8 Å². The number of halogens is 2. The van der Waals surface area contributed by atoms with Gasteiger partial charge in [0, 0.05) is 16.1 Å². The summed E-state index contributed by atoms with van der Waals surface area (Å²) in [5, 5.41) is 9.14. The maximum atomic E-state index is 12.4. The predicted molar refractivity (Wildman–Crippen MR) is 108 cm³/mol. The number of fused-ring (bicyclic) bond motifs is 1. The zero-order valence-corrected chi connectivity index (χ0v) is 15.6. The van der Waals surface area contributed by atoms with Gasteiger partial charge in [0.1, 0.15) is 0 Å². The Hall–Kier alpha value is -2.89. The van der Waals surface area contributed by atoms with E-state index >= 15 is 0 Å².